The van der Waals surface area contributed by atoms with Crippen LogP contribution < -0.4 is 4.90 Å². The quantitative estimate of drug-likeness (QED) is 0.839. The van der Waals surface area contributed by atoms with E-state index in [1.807, 2.05) is 0 Å². The summed E-state index contributed by atoms with van der Waals surface area (Å²) in [4.78, 5) is 15.9. The zero-order valence-electron chi connectivity index (χ0n) is 16.1. The molecule has 154 valence electrons. The van der Waals surface area contributed by atoms with E-state index in [0.717, 1.165) is 0 Å². The number of phenolic OH excluding ortho intramolecular Hbond substituents is 1. The number of hydrogen-bond donors (Lipinski definition) is 1. The fourth-order valence-electron chi connectivity index (χ4n) is 4.36. The van der Waals surface area contributed by atoms with Crippen molar-refractivity contribution in [3.63, 3.8) is 0 Å². The molecule has 0 bridgehead atoms. The third kappa shape index (κ3) is 3.71. The van der Waals surface area contributed by atoms with Crippen molar-refractivity contribution in [2.24, 2.45) is 0 Å². The first-order chi connectivity index (χ1) is 13.8. The SMILES string of the molecule is Cc1ccc(N2CCC(N3CC[C@H](c4ccc(O)cc4)C(F)(F)C3)C2=O)cc1F. The number of alkyl halides is 2. The van der Waals surface area contributed by atoms with Crippen molar-refractivity contribution in [3.05, 3.63) is 59.4 Å². The molecule has 2 aromatic carbocycles. The summed E-state index contributed by atoms with van der Waals surface area (Å²) in [6, 6.07) is 9.88. The van der Waals surface area contributed by atoms with Crippen molar-refractivity contribution >= 4 is 11.6 Å². The third-order valence-electron chi connectivity index (χ3n) is 6.01. The van der Waals surface area contributed by atoms with E-state index in [1.165, 1.54) is 35.2 Å². The minimum absolute atomic E-state index is 0.0405. The molecule has 2 heterocycles. The first kappa shape index (κ1) is 19.8. The van der Waals surface area contributed by atoms with Gasteiger partial charge < -0.3 is 10.0 Å². The highest BCUT2D eigenvalue weighted by Gasteiger charge is 2.49. The maximum absolute atomic E-state index is 14.9. The van der Waals surface area contributed by atoms with Crippen molar-refractivity contribution in [1.29, 1.82) is 0 Å². The summed E-state index contributed by atoms with van der Waals surface area (Å²) >= 11 is 0. The molecule has 2 saturated heterocycles. The van der Waals surface area contributed by atoms with Crippen LogP contribution in [-0.2, 0) is 4.79 Å². The normalized spacial score (nSPS) is 24.8. The molecular formula is C22H23F3N2O2. The first-order valence-electron chi connectivity index (χ1n) is 9.74. The Kier molecular flexibility index (Phi) is 5.02. The molecule has 29 heavy (non-hydrogen) atoms. The Morgan fingerprint density at radius 2 is 1.79 bits per heavy atom. The Labute approximate surface area is 167 Å². The van der Waals surface area contributed by atoms with Gasteiger partial charge >= 0.3 is 0 Å². The molecule has 0 aliphatic carbocycles. The van der Waals surface area contributed by atoms with Crippen LogP contribution in [0, 0.1) is 12.7 Å². The minimum atomic E-state index is -2.99. The van der Waals surface area contributed by atoms with E-state index in [-0.39, 0.29) is 23.9 Å². The summed E-state index contributed by atoms with van der Waals surface area (Å²) in [6.45, 7) is 1.92. The maximum Gasteiger partial charge on any atom is 0.267 e. The Hall–Kier alpha value is -2.54. The Balaban J connectivity index is 1.48. The molecule has 4 rings (SSSR count). The molecular weight excluding hydrogens is 381 g/mol. The van der Waals surface area contributed by atoms with E-state index in [1.54, 1.807) is 24.0 Å². The molecule has 1 N–H and O–H groups in total. The van der Waals surface area contributed by atoms with Gasteiger partial charge in [-0.1, -0.05) is 18.2 Å². The van der Waals surface area contributed by atoms with E-state index in [0.29, 0.717) is 36.3 Å². The number of hydrogen-bond acceptors (Lipinski definition) is 3. The highest BCUT2D eigenvalue weighted by molar-refractivity contribution is 5.99. The molecule has 2 aliphatic rings. The zero-order chi connectivity index (χ0) is 20.8. The van der Waals surface area contributed by atoms with Crippen LogP contribution in [0.1, 0.15) is 29.9 Å². The van der Waals surface area contributed by atoms with Crippen molar-refractivity contribution in [2.75, 3.05) is 24.5 Å². The Bertz CT molecular complexity index is 917. The van der Waals surface area contributed by atoms with Crippen molar-refractivity contribution in [2.45, 2.75) is 37.6 Å². The molecule has 7 heteroatoms. The van der Waals surface area contributed by atoms with Crippen LogP contribution in [0.5, 0.6) is 5.75 Å². The fourth-order valence-corrected chi connectivity index (χ4v) is 4.36. The summed E-state index contributed by atoms with van der Waals surface area (Å²) in [7, 11) is 0. The summed E-state index contributed by atoms with van der Waals surface area (Å²) in [6.07, 6.45) is 0.662. The summed E-state index contributed by atoms with van der Waals surface area (Å²) < 4.78 is 43.7. The van der Waals surface area contributed by atoms with Gasteiger partial charge in [0.25, 0.3) is 5.92 Å². The highest BCUT2D eigenvalue weighted by atomic mass is 19.3. The Morgan fingerprint density at radius 3 is 2.45 bits per heavy atom. The molecule has 0 radical (unpaired) electrons. The lowest BCUT2D eigenvalue weighted by Gasteiger charge is -2.40. The third-order valence-corrected chi connectivity index (χ3v) is 6.01. The summed E-state index contributed by atoms with van der Waals surface area (Å²) in [5.74, 6) is -4.54. The van der Waals surface area contributed by atoms with Gasteiger partial charge in [0.2, 0.25) is 5.91 Å². The van der Waals surface area contributed by atoms with Crippen LogP contribution in [0.2, 0.25) is 0 Å². The second-order valence-electron chi connectivity index (χ2n) is 7.89. The van der Waals surface area contributed by atoms with E-state index in [9.17, 15) is 23.1 Å². The van der Waals surface area contributed by atoms with Gasteiger partial charge in [-0.15, -0.1) is 0 Å². The number of phenols is 1. The van der Waals surface area contributed by atoms with Crippen molar-refractivity contribution in [3.8, 4) is 5.75 Å². The standard InChI is InChI=1S/C22H23F3N2O2/c1-14-2-5-16(12-19(14)23)27-11-9-20(21(27)29)26-10-8-18(22(24,25)13-26)15-3-6-17(28)7-4-15/h2-7,12,18,20,28H,8-11,13H2,1H3/t18-,20?/m1/s1. The minimum Gasteiger partial charge on any atom is -0.508 e. The predicted octanol–water partition coefficient (Wildman–Crippen LogP) is 4.07. The number of amides is 1. The summed E-state index contributed by atoms with van der Waals surface area (Å²) in [5.41, 5.74) is 1.45. The van der Waals surface area contributed by atoms with Crippen LogP contribution in [-0.4, -0.2) is 47.5 Å². The zero-order valence-corrected chi connectivity index (χ0v) is 16.1. The van der Waals surface area contributed by atoms with Crippen molar-refractivity contribution < 1.29 is 23.1 Å². The van der Waals surface area contributed by atoms with Gasteiger partial charge in [-0.2, -0.15) is 0 Å². The second kappa shape index (κ2) is 7.37. The molecule has 0 spiro atoms. The number of piperidine rings is 1. The number of rotatable bonds is 3. The van der Waals surface area contributed by atoms with E-state index in [2.05, 4.69) is 0 Å². The number of carbonyl (C=O) groups excluding carboxylic acids is 1. The van der Waals surface area contributed by atoms with Gasteiger partial charge in [0.1, 0.15) is 11.6 Å². The van der Waals surface area contributed by atoms with Gasteiger partial charge in [0, 0.05) is 12.2 Å². The van der Waals surface area contributed by atoms with E-state index < -0.39 is 24.4 Å². The van der Waals surface area contributed by atoms with Gasteiger partial charge in [0.15, 0.2) is 0 Å². The monoisotopic (exact) mass is 404 g/mol. The van der Waals surface area contributed by atoms with E-state index >= 15 is 0 Å². The topological polar surface area (TPSA) is 43.8 Å². The largest absolute Gasteiger partial charge is 0.508 e. The molecule has 0 aromatic heterocycles. The van der Waals surface area contributed by atoms with Crippen LogP contribution in [0.3, 0.4) is 0 Å². The van der Waals surface area contributed by atoms with Gasteiger partial charge in [0.05, 0.1) is 18.5 Å². The lowest BCUT2D eigenvalue weighted by Crippen LogP contribution is -2.53. The average Bonchev–Trinajstić information content (AvgIpc) is 3.06. The number of likely N-dealkylation sites (tertiary alicyclic amines) is 1. The van der Waals surface area contributed by atoms with E-state index in [4.69, 9.17) is 0 Å². The molecule has 1 amide bonds. The smallest absolute Gasteiger partial charge is 0.267 e. The average molecular weight is 404 g/mol. The molecule has 2 atom stereocenters. The van der Waals surface area contributed by atoms with Crippen LogP contribution in [0.15, 0.2) is 42.5 Å². The maximum atomic E-state index is 14.9. The number of benzene rings is 2. The predicted molar refractivity (Wildman–Crippen MR) is 104 cm³/mol. The first-order valence-corrected chi connectivity index (χ1v) is 9.74. The van der Waals surface area contributed by atoms with Crippen LogP contribution in [0.4, 0.5) is 18.9 Å². The van der Waals surface area contributed by atoms with Gasteiger partial charge in [-0.25, -0.2) is 13.2 Å². The number of carbonyl (C=O) groups is 1. The number of halogens is 3. The number of nitrogens with zero attached hydrogens (tertiary/aromatic N) is 2. The molecule has 2 aliphatic heterocycles. The molecule has 0 saturated carbocycles. The number of aryl methyl sites for hydroxylation is 1. The van der Waals surface area contributed by atoms with Gasteiger partial charge in [-0.05, 0) is 61.7 Å². The van der Waals surface area contributed by atoms with Crippen LogP contribution >= 0.6 is 0 Å². The molecule has 2 fully saturated rings. The molecule has 4 nitrogen and oxygen atoms in total. The second-order valence-corrected chi connectivity index (χ2v) is 7.89. The fraction of sp³-hybridized carbons (Fsp3) is 0.409. The highest BCUT2D eigenvalue weighted by Crippen LogP contribution is 2.42. The molecule has 2 aromatic rings. The Morgan fingerprint density at radius 1 is 1.07 bits per heavy atom. The number of aromatic hydroxyl groups is 1. The summed E-state index contributed by atoms with van der Waals surface area (Å²) in [5, 5.41) is 9.39. The number of anilines is 1. The lowest BCUT2D eigenvalue weighted by atomic mass is 9.85. The van der Waals surface area contributed by atoms with Crippen molar-refractivity contribution in [1.82, 2.24) is 4.90 Å². The van der Waals surface area contributed by atoms with Gasteiger partial charge in [-0.3, -0.25) is 9.69 Å². The lowest BCUT2D eigenvalue weighted by molar-refractivity contribution is -0.128. The van der Waals surface area contributed by atoms with Crippen LogP contribution in [0.25, 0.3) is 0 Å². The molecule has 1 unspecified atom stereocenters.